The van der Waals surface area contributed by atoms with Crippen LogP contribution in [0, 0.1) is 53.3 Å². The van der Waals surface area contributed by atoms with Crippen molar-refractivity contribution >= 4 is 35.8 Å². The monoisotopic (exact) mass is 986 g/mol. The normalized spacial score (nSPS) is 25.0. The zero-order valence-electron chi connectivity index (χ0n) is 35.1. The van der Waals surface area contributed by atoms with Crippen LogP contribution in [0.3, 0.4) is 0 Å². The van der Waals surface area contributed by atoms with Crippen molar-refractivity contribution in [3.05, 3.63) is 35.9 Å². The minimum atomic E-state index is -1.92. The number of benzene rings is 1. The number of hydrogen-bond donors (Lipinski definition) is 4. The fourth-order valence-electron chi connectivity index (χ4n) is 9.59. The Labute approximate surface area is 352 Å². The van der Waals surface area contributed by atoms with Crippen LogP contribution in [0.25, 0.3) is 0 Å². The van der Waals surface area contributed by atoms with E-state index in [2.05, 4.69) is 52.2 Å². The molecule has 3 aliphatic carbocycles. The number of carbonyl (C=O) groups is 4. The third-order valence-electron chi connectivity index (χ3n) is 12.7. The number of halogens is 1. The van der Waals surface area contributed by atoms with Gasteiger partial charge in [0.2, 0.25) is 11.8 Å². The number of carbonyl (C=O) groups excluding carboxylic acids is 4. The molecule has 0 aromatic heterocycles. The second-order valence-corrected chi connectivity index (χ2v) is 17.8. The van der Waals surface area contributed by atoms with E-state index in [9.17, 15) is 19.2 Å². The van der Waals surface area contributed by atoms with Crippen molar-refractivity contribution in [1.29, 1.82) is 0 Å². The van der Waals surface area contributed by atoms with Crippen molar-refractivity contribution in [2.75, 3.05) is 13.1 Å². The van der Waals surface area contributed by atoms with Crippen molar-refractivity contribution in [2.24, 2.45) is 64.7 Å². The first kappa shape index (κ1) is 52.0. The van der Waals surface area contributed by atoms with Gasteiger partial charge in [0, 0.05) is 30.7 Å². The van der Waals surface area contributed by atoms with Crippen molar-refractivity contribution in [3.8, 4) is 0 Å². The van der Waals surface area contributed by atoms with E-state index in [1.165, 1.54) is 51.4 Å². The van der Waals surface area contributed by atoms with E-state index in [4.69, 9.17) is 18.3 Å². The first-order valence-electron chi connectivity index (χ1n) is 21.2. The van der Waals surface area contributed by atoms with Gasteiger partial charge in [-0.1, -0.05) is 104 Å². The van der Waals surface area contributed by atoms with Crippen LogP contribution < -0.4 is 22.1 Å². The van der Waals surface area contributed by atoms with Gasteiger partial charge in [-0.25, -0.2) is 0 Å². The predicted molar refractivity (Wildman–Crippen MR) is 221 cm³/mol. The molecular weight excluding hydrogens is 911 g/mol. The zero-order chi connectivity index (χ0) is 40.9. The Morgan fingerprint density at radius 2 is 1.12 bits per heavy atom. The Morgan fingerprint density at radius 3 is 1.57 bits per heavy atom. The molecular formula is C44H75ClN4O6Pt. The molecule has 6 N–H and O–H groups in total. The molecule has 0 radical (unpaired) electrons. The molecule has 0 unspecified atom stereocenters. The number of amides is 2. The molecule has 12 heteroatoms. The van der Waals surface area contributed by atoms with Gasteiger partial charge in [0.25, 0.3) is 0 Å². The van der Waals surface area contributed by atoms with Gasteiger partial charge in [0.05, 0.1) is 19.1 Å². The van der Waals surface area contributed by atoms with Crippen LogP contribution in [0.2, 0.25) is 0 Å². The molecule has 10 nitrogen and oxygen atoms in total. The summed E-state index contributed by atoms with van der Waals surface area (Å²) in [4.78, 5) is 49.8. The van der Waals surface area contributed by atoms with Crippen LogP contribution in [0.15, 0.2) is 30.3 Å². The van der Waals surface area contributed by atoms with Gasteiger partial charge < -0.3 is 22.1 Å². The standard InChI is InChI=1S/C22H40N2O2.C22H34N2O2.ClH.2O.Pt/c2*1-15(2)18-10-9-16(3)13-19(18)21(25)12-11-20(24-22(26)14-23)17-7-5-4-6-8-17;;;;/h15-20H,4-14,23H2,1-3H3,(H,24,26);4-8,15-16,18-20H,9-14,23H2,1-3H3,(H,24,26);1H;;;/t2*16-,18+,19-,20-;;;;/m11..../s1. The Hall–Kier alpha value is -2.00. The van der Waals surface area contributed by atoms with Crippen molar-refractivity contribution in [3.63, 3.8) is 0 Å². The molecule has 0 aliphatic heterocycles. The maximum atomic E-state index is 13.1. The quantitative estimate of drug-likeness (QED) is 0.128. The number of hydrogen-bond acceptors (Lipinski definition) is 8. The van der Waals surface area contributed by atoms with Crippen molar-refractivity contribution in [2.45, 2.75) is 150 Å². The summed E-state index contributed by atoms with van der Waals surface area (Å²) in [5.41, 5.74) is 12.0. The molecule has 2 amide bonds. The number of Topliss-reactive ketones (excluding diaryl/α,β-unsaturated/α-hetero) is 2. The predicted octanol–water partition coefficient (Wildman–Crippen LogP) is 8.11. The summed E-state index contributed by atoms with van der Waals surface area (Å²) < 4.78 is 17.0. The van der Waals surface area contributed by atoms with Crippen LogP contribution in [0.5, 0.6) is 0 Å². The molecule has 1 aromatic carbocycles. The van der Waals surface area contributed by atoms with E-state index in [-0.39, 0.29) is 61.2 Å². The van der Waals surface area contributed by atoms with E-state index >= 15 is 0 Å². The molecule has 0 saturated heterocycles. The van der Waals surface area contributed by atoms with Gasteiger partial charge in [-0.2, -0.15) is 0 Å². The van der Waals surface area contributed by atoms with Crippen molar-refractivity contribution in [1.82, 2.24) is 10.6 Å². The second kappa shape index (κ2) is 28.4. The van der Waals surface area contributed by atoms with Crippen LogP contribution in [0.1, 0.15) is 149 Å². The number of nitrogens with one attached hydrogen (secondary N) is 2. The van der Waals surface area contributed by atoms with Crippen LogP contribution >= 0.6 is 12.4 Å². The van der Waals surface area contributed by atoms with Crippen LogP contribution in [-0.4, -0.2) is 42.5 Å². The number of nitrogens with two attached hydrogens (primary N) is 2. The fraction of sp³-hybridized carbons (Fsp3) is 0.773. The molecule has 4 rings (SSSR count). The van der Waals surface area contributed by atoms with Gasteiger partial charge in [-0.3, -0.25) is 19.2 Å². The Kier molecular flexibility index (Phi) is 26.4. The van der Waals surface area contributed by atoms with Gasteiger partial charge in [0.15, 0.2) is 0 Å². The van der Waals surface area contributed by atoms with Gasteiger partial charge in [-0.15, -0.1) is 12.4 Å². The molecule has 3 fully saturated rings. The molecule has 1 aromatic rings. The van der Waals surface area contributed by atoms with Gasteiger partial charge in [-0.05, 0) is 98.4 Å². The number of ketones is 2. The average Bonchev–Trinajstić information content (AvgIpc) is 3.18. The molecule has 56 heavy (non-hydrogen) atoms. The summed E-state index contributed by atoms with van der Waals surface area (Å²) in [5.74, 6) is 4.84. The van der Waals surface area contributed by atoms with E-state index < -0.39 is 18.5 Å². The average molecular weight is 987 g/mol. The minimum absolute atomic E-state index is 0. The molecule has 0 spiro atoms. The summed E-state index contributed by atoms with van der Waals surface area (Å²) in [6.45, 7) is 13.5. The van der Waals surface area contributed by atoms with Crippen molar-refractivity contribution < 1.29 is 44.5 Å². The molecule has 0 heterocycles. The Bertz CT molecular complexity index is 1340. The molecule has 3 saturated carbocycles. The summed E-state index contributed by atoms with van der Waals surface area (Å²) in [5, 5.41) is 6.09. The third kappa shape index (κ3) is 18.3. The maximum absolute atomic E-state index is 13.1. The summed E-state index contributed by atoms with van der Waals surface area (Å²) in [6.07, 6.45) is 15.5. The third-order valence-corrected chi connectivity index (χ3v) is 12.7. The van der Waals surface area contributed by atoms with Crippen LogP contribution in [0.4, 0.5) is 0 Å². The molecule has 0 bridgehead atoms. The first-order chi connectivity index (χ1) is 26.3. The van der Waals surface area contributed by atoms with E-state index in [0.29, 0.717) is 72.3 Å². The fourth-order valence-corrected chi connectivity index (χ4v) is 9.59. The molecule has 324 valence electrons. The SMILES string of the molecule is CC(C)[C@@H]1CC[C@@H](C)C[C@H]1C(=O)CC[C@@H](NC(=O)CN)C1CCCCC1.CC(C)[C@@H]1CC[C@@H](C)C[C@H]1C(=O)CC[C@@H](NC(=O)CN)c1ccccc1.Cl.[O]=[Pt]=[O]. The summed E-state index contributed by atoms with van der Waals surface area (Å²) >= 11 is -1.92. The Balaban J connectivity index is 0.000000515. The van der Waals surface area contributed by atoms with E-state index in [0.717, 1.165) is 31.2 Å². The number of rotatable bonds is 16. The van der Waals surface area contributed by atoms with Crippen LogP contribution in [-0.2, 0) is 44.5 Å². The summed E-state index contributed by atoms with van der Waals surface area (Å²) in [7, 11) is 0. The first-order valence-corrected chi connectivity index (χ1v) is 23.0. The Morgan fingerprint density at radius 1 is 0.679 bits per heavy atom. The molecule has 8 atom stereocenters. The van der Waals surface area contributed by atoms with Gasteiger partial charge >= 0.3 is 25.3 Å². The second-order valence-electron chi connectivity index (χ2n) is 17.4. The van der Waals surface area contributed by atoms with E-state index in [1.54, 1.807) is 0 Å². The zero-order valence-corrected chi connectivity index (χ0v) is 38.2. The summed E-state index contributed by atoms with van der Waals surface area (Å²) in [6, 6.07) is 9.81. The van der Waals surface area contributed by atoms with Gasteiger partial charge in [0.1, 0.15) is 11.6 Å². The van der Waals surface area contributed by atoms with E-state index in [1.807, 2.05) is 30.3 Å². The topological polar surface area (TPSA) is 179 Å². The molecule has 3 aliphatic rings.